The summed E-state index contributed by atoms with van der Waals surface area (Å²) >= 11 is 3.18. The molecular weight excluding hydrogens is 250 g/mol. The topological polar surface area (TPSA) is 38.7 Å². The lowest BCUT2D eigenvalue weighted by Gasteiger charge is -1.98. The molecule has 0 spiro atoms. The van der Waals surface area contributed by atoms with Crippen molar-refractivity contribution < 1.29 is 0 Å². The highest BCUT2D eigenvalue weighted by Crippen LogP contribution is 2.27. The van der Waals surface area contributed by atoms with E-state index >= 15 is 0 Å². The summed E-state index contributed by atoms with van der Waals surface area (Å²) in [5.41, 5.74) is 1.88. The molecule has 17 heavy (non-hydrogen) atoms. The van der Waals surface area contributed by atoms with Crippen LogP contribution in [0.4, 0.5) is 0 Å². The molecule has 0 amide bonds. The summed E-state index contributed by atoms with van der Waals surface area (Å²) in [4.78, 5) is 4.59. The monoisotopic (exact) mass is 259 g/mol. The number of hydrogen-bond acceptors (Lipinski definition) is 5. The smallest absolute Gasteiger partial charge is 0.174 e. The summed E-state index contributed by atoms with van der Waals surface area (Å²) in [7, 11) is 0. The van der Waals surface area contributed by atoms with Crippen molar-refractivity contribution in [2.45, 2.75) is 4.34 Å². The molecule has 3 rings (SSSR count). The molecule has 0 N–H and O–H groups in total. The van der Waals surface area contributed by atoms with Crippen molar-refractivity contribution in [1.82, 2.24) is 15.2 Å². The maximum absolute atomic E-state index is 4.59. The van der Waals surface area contributed by atoms with E-state index in [4.69, 9.17) is 0 Å². The van der Waals surface area contributed by atoms with Crippen LogP contribution in [0.5, 0.6) is 0 Å². The first-order valence-corrected chi connectivity index (χ1v) is 7.14. The van der Waals surface area contributed by atoms with Crippen molar-refractivity contribution in [2.24, 2.45) is 0 Å². The molecule has 3 aromatic rings. The zero-order valence-corrected chi connectivity index (χ0v) is 10.8. The molecule has 0 saturated carbocycles. The largest absolute Gasteiger partial charge is 0.245 e. The van der Waals surface area contributed by atoms with Crippen molar-refractivity contribution in [3.8, 4) is 10.7 Å². The fourth-order valence-electron chi connectivity index (χ4n) is 1.58. The molecule has 0 aliphatic carbocycles. The van der Waals surface area contributed by atoms with E-state index in [2.05, 4.69) is 27.3 Å². The molecule has 0 aliphatic rings. The van der Waals surface area contributed by atoms with Gasteiger partial charge in [-0.25, -0.2) is 4.98 Å². The predicted octanol–water partition coefficient (Wildman–Crippen LogP) is 3.48. The standard InChI is InChI=1S/C12H9N3S2/c1-16-12-15-14-11(17-12)10-7-6-8-4-2-3-5-9(8)13-10/h2-7H,1H3. The fourth-order valence-corrected chi connectivity index (χ4v) is 2.82. The maximum Gasteiger partial charge on any atom is 0.174 e. The van der Waals surface area contributed by atoms with Gasteiger partial charge in [-0.05, 0) is 18.4 Å². The first-order valence-electron chi connectivity index (χ1n) is 5.10. The lowest BCUT2D eigenvalue weighted by atomic mass is 10.2. The van der Waals surface area contributed by atoms with Gasteiger partial charge in [-0.15, -0.1) is 10.2 Å². The molecule has 5 heteroatoms. The average molecular weight is 259 g/mol. The maximum atomic E-state index is 4.59. The molecule has 84 valence electrons. The van der Waals surface area contributed by atoms with Gasteiger partial charge in [0.15, 0.2) is 9.35 Å². The zero-order valence-electron chi connectivity index (χ0n) is 9.12. The molecule has 0 saturated heterocycles. The van der Waals surface area contributed by atoms with Crippen LogP contribution in [0.3, 0.4) is 0 Å². The van der Waals surface area contributed by atoms with Gasteiger partial charge in [-0.3, -0.25) is 0 Å². The number of aromatic nitrogens is 3. The summed E-state index contributed by atoms with van der Waals surface area (Å²) in [5, 5.41) is 10.3. The van der Waals surface area contributed by atoms with Gasteiger partial charge in [0, 0.05) is 5.39 Å². The Morgan fingerprint density at radius 3 is 2.76 bits per heavy atom. The van der Waals surface area contributed by atoms with Gasteiger partial charge in [0.2, 0.25) is 0 Å². The van der Waals surface area contributed by atoms with Crippen LogP contribution in [0, 0.1) is 0 Å². The summed E-state index contributed by atoms with van der Waals surface area (Å²) in [6.07, 6.45) is 2.00. The number of nitrogens with zero attached hydrogens (tertiary/aromatic N) is 3. The highest BCUT2D eigenvalue weighted by molar-refractivity contribution is 8.00. The van der Waals surface area contributed by atoms with Crippen LogP contribution in [-0.2, 0) is 0 Å². The molecule has 0 atom stereocenters. The van der Waals surface area contributed by atoms with Crippen LogP contribution in [0.2, 0.25) is 0 Å². The second-order valence-corrected chi connectivity index (χ2v) is 5.50. The van der Waals surface area contributed by atoms with Gasteiger partial charge in [0.05, 0.1) is 5.52 Å². The van der Waals surface area contributed by atoms with E-state index in [-0.39, 0.29) is 0 Å². The van der Waals surface area contributed by atoms with Crippen molar-refractivity contribution >= 4 is 34.0 Å². The summed E-state index contributed by atoms with van der Waals surface area (Å²) < 4.78 is 0.968. The average Bonchev–Trinajstić information content (AvgIpc) is 2.87. The quantitative estimate of drug-likeness (QED) is 0.660. The Morgan fingerprint density at radius 2 is 1.94 bits per heavy atom. The van der Waals surface area contributed by atoms with Crippen molar-refractivity contribution in [3.63, 3.8) is 0 Å². The number of fused-ring (bicyclic) bond motifs is 1. The molecule has 0 bridgehead atoms. The van der Waals surface area contributed by atoms with Gasteiger partial charge < -0.3 is 0 Å². The molecular formula is C12H9N3S2. The Morgan fingerprint density at radius 1 is 1.06 bits per heavy atom. The molecule has 0 unspecified atom stereocenters. The lowest BCUT2D eigenvalue weighted by Crippen LogP contribution is -1.84. The molecule has 0 aliphatic heterocycles. The van der Waals surface area contributed by atoms with E-state index in [1.807, 2.05) is 30.5 Å². The van der Waals surface area contributed by atoms with Crippen LogP contribution >= 0.6 is 23.1 Å². The fraction of sp³-hybridized carbons (Fsp3) is 0.0833. The van der Waals surface area contributed by atoms with Crippen LogP contribution < -0.4 is 0 Å². The molecule has 0 fully saturated rings. The second kappa shape index (κ2) is 4.43. The third kappa shape index (κ3) is 2.03. The van der Waals surface area contributed by atoms with Gasteiger partial charge in [0.25, 0.3) is 0 Å². The first kappa shape index (κ1) is 10.7. The van der Waals surface area contributed by atoms with E-state index in [1.54, 1.807) is 23.1 Å². The number of para-hydroxylation sites is 1. The number of pyridine rings is 1. The summed E-state index contributed by atoms with van der Waals surface area (Å²) in [5.74, 6) is 0. The van der Waals surface area contributed by atoms with Crippen LogP contribution in [-0.4, -0.2) is 21.4 Å². The van der Waals surface area contributed by atoms with Crippen molar-refractivity contribution in [1.29, 1.82) is 0 Å². The highest BCUT2D eigenvalue weighted by Gasteiger charge is 2.07. The van der Waals surface area contributed by atoms with Crippen LogP contribution in [0.15, 0.2) is 40.7 Å². The third-order valence-corrected chi connectivity index (χ3v) is 4.32. The molecule has 0 radical (unpaired) electrons. The first-order chi connectivity index (χ1) is 8.36. The van der Waals surface area contributed by atoms with Crippen LogP contribution in [0.25, 0.3) is 21.6 Å². The number of rotatable bonds is 2. The van der Waals surface area contributed by atoms with E-state index in [9.17, 15) is 0 Å². The van der Waals surface area contributed by atoms with E-state index in [0.29, 0.717) is 0 Å². The number of thioether (sulfide) groups is 1. The predicted molar refractivity (Wildman–Crippen MR) is 72.4 cm³/mol. The van der Waals surface area contributed by atoms with Gasteiger partial charge in [0.1, 0.15) is 5.69 Å². The second-order valence-electron chi connectivity index (χ2n) is 3.47. The van der Waals surface area contributed by atoms with E-state index in [0.717, 1.165) is 25.9 Å². The van der Waals surface area contributed by atoms with Gasteiger partial charge >= 0.3 is 0 Å². The molecule has 2 aromatic heterocycles. The third-order valence-electron chi connectivity index (χ3n) is 2.40. The number of hydrogen-bond donors (Lipinski definition) is 0. The Labute approximate surface area is 107 Å². The zero-order chi connectivity index (χ0) is 11.7. The van der Waals surface area contributed by atoms with Gasteiger partial charge in [-0.1, -0.05) is 47.4 Å². The minimum Gasteiger partial charge on any atom is -0.245 e. The van der Waals surface area contributed by atoms with E-state index in [1.165, 1.54) is 0 Å². The number of benzene rings is 1. The van der Waals surface area contributed by atoms with Crippen LogP contribution in [0.1, 0.15) is 0 Å². The normalized spacial score (nSPS) is 10.9. The Bertz CT molecular complexity index is 663. The highest BCUT2D eigenvalue weighted by atomic mass is 32.2. The minimum absolute atomic E-state index is 0.875. The van der Waals surface area contributed by atoms with E-state index < -0.39 is 0 Å². The lowest BCUT2D eigenvalue weighted by molar-refractivity contribution is 1.01. The molecule has 3 nitrogen and oxygen atoms in total. The molecule has 2 heterocycles. The molecule has 1 aromatic carbocycles. The Balaban J connectivity index is 2.11. The SMILES string of the molecule is CSc1nnc(-c2ccc3ccccc3n2)s1. The summed E-state index contributed by atoms with van der Waals surface area (Å²) in [6.45, 7) is 0. The summed E-state index contributed by atoms with van der Waals surface area (Å²) in [6, 6.07) is 12.1. The Hall–Kier alpha value is -1.46. The van der Waals surface area contributed by atoms with Crippen molar-refractivity contribution in [2.75, 3.05) is 6.26 Å². The Kier molecular flexibility index (Phi) is 2.78. The van der Waals surface area contributed by atoms with Gasteiger partial charge in [-0.2, -0.15) is 0 Å². The minimum atomic E-state index is 0.875. The van der Waals surface area contributed by atoms with Crippen molar-refractivity contribution in [3.05, 3.63) is 36.4 Å².